The first-order chi connectivity index (χ1) is 9.49. The van der Waals surface area contributed by atoms with Crippen LogP contribution >= 0.6 is 0 Å². The minimum absolute atomic E-state index is 0.157. The maximum absolute atomic E-state index is 12.0. The smallest absolute Gasteiger partial charge is 0.326 e. The van der Waals surface area contributed by atoms with E-state index in [-0.39, 0.29) is 5.91 Å². The Morgan fingerprint density at radius 2 is 1.90 bits per heavy atom. The number of likely N-dealkylation sites (N-methyl/N-ethyl adjacent to an activating group) is 1. The molecule has 0 radical (unpaired) electrons. The maximum atomic E-state index is 12.0. The topological polar surface area (TPSA) is 66.8 Å². The quantitative estimate of drug-likeness (QED) is 0.828. The number of methoxy groups -OCH3 is 1. The van der Waals surface area contributed by atoms with Crippen LogP contribution in [0.4, 0.5) is 0 Å². The van der Waals surface area contributed by atoms with Crippen LogP contribution in [0.3, 0.4) is 0 Å². The van der Waals surface area contributed by atoms with E-state index in [1.165, 1.54) is 4.90 Å². The summed E-state index contributed by atoms with van der Waals surface area (Å²) < 4.78 is 5.06. The minimum atomic E-state index is -0.965. The van der Waals surface area contributed by atoms with E-state index in [1.54, 1.807) is 21.1 Å². The summed E-state index contributed by atoms with van der Waals surface area (Å²) in [5.74, 6) is -0.350. The number of amides is 1. The number of rotatable bonds is 7. The van der Waals surface area contributed by atoms with Gasteiger partial charge in [-0.25, -0.2) is 4.79 Å². The van der Waals surface area contributed by atoms with Gasteiger partial charge in [0.25, 0.3) is 0 Å². The number of carboxylic acids is 1. The largest absolute Gasteiger partial charge is 0.497 e. The highest BCUT2D eigenvalue weighted by Gasteiger charge is 2.24. The van der Waals surface area contributed by atoms with Gasteiger partial charge in [0, 0.05) is 13.5 Å². The van der Waals surface area contributed by atoms with Gasteiger partial charge >= 0.3 is 5.97 Å². The maximum Gasteiger partial charge on any atom is 0.326 e. The van der Waals surface area contributed by atoms with Gasteiger partial charge in [-0.05, 0) is 30.5 Å². The van der Waals surface area contributed by atoms with Gasteiger partial charge in [-0.1, -0.05) is 19.1 Å². The van der Waals surface area contributed by atoms with E-state index >= 15 is 0 Å². The third-order valence-electron chi connectivity index (χ3n) is 3.32. The van der Waals surface area contributed by atoms with Crippen LogP contribution in [0, 0.1) is 0 Å². The van der Waals surface area contributed by atoms with Crippen molar-refractivity contribution in [3.63, 3.8) is 0 Å². The lowest BCUT2D eigenvalue weighted by Crippen LogP contribution is -2.42. The zero-order valence-corrected chi connectivity index (χ0v) is 12.1. The van der Waals surface area contributed by atoms with Crippen LogP contribution in [0.25, 0.3) is 0 Å². The summed E-state index contributed by atoms with van der Waals surface area (Å²) >= 11 is 0. The van der Waals surface area contributed by atoms with Crippen LogP contribution in [-0.4, -0.2) is 42.1 Å². The molecule has 0 saturated carbocycles. The first kappa shape index (κ1) is 16.0. The molecular formula is C15H21NO4. The second kappa shape index (κ2) is 7.53. The number of carbonyl (C=O) groups excluding carboxylic acids is 1. The zero-order chi connectivity index (χ0) is 15.1. The van der Waals surface area contributed by atoms with Crippen molar-refractivity contribution in [3.05, 3.63) is 29.8 Å². The molecule has 1 rings (SSSR count). The molecule has 1 unspecified atom stereocenters. The molecule has 1 aromatic rings. The first-order valence-electron chi connectivity index (χ1n) is 6.61. The summed E-state index contributed by atoms with van der Waals surface area (Å²) in [6.07, 6.45) is 1.29. The molecule has 1 atom stereocenters. The van der Waals surface area contributed by atoms with Gasteiger partial charge in [-0.2, -0.15) is 0 Å². The van der Waals surface area contributed by atoms with Crippen molar-refractivity contribution >= 4 is 11.9 Å². The van der Waals surface area contributed by atoms with E-state index < -0.39 is 12.0 Å². The van der Waals surface area contributed by atoms with Crippen LogP contribution in [0.1, 0.15) is 25.3 Å². The fraction of sp³-hybridized carbons (Fsp3) is 0.467. The molecule has 0 aliphatic heterocycles. The predicted molar refractivity (Wildman–Crippen MR) is 75.8 cm³/mol. The Bertz CT molecular complexity index is 455. The highest BCUT2D eigenvalue weighted by molar-refractivity contribution is 5.83. The molecule has 5 heteroatoms. The van der Waals surface area contributed by atoms with Crippen LogP contribution in [0.5, 0.6) is 5.75 Å². The molecule has 0 aromatic heterocycles. The second-order valence-corrected chi connectivity index (χ2v) is 4.62. The van der Waals surface area contributed by atoms with E-state index in [1.807, 2.05) is 24.3 Å². The number of nitrogens with zero attached hydrogens (tertiary/aromatic N) is 1. The third-order valence-corrected chi connectivity index (χ3v) is 3.32. The Kier molecular flexibility index (Phi) is 6.03. The van der Waals surface area contributed by atoms with Gasteiger partial charge in [0.15, 0.2) is 0 Å². The van der Waals surface area contributed by atoms with Gasteiger partial charge in [-0.3, -0.25) is 4.79 Å². The van der Waals surface area contributed by atoms with Crippen molar-refractivity contribution in [2.24, 2.45) is 0 Å². The number of hydrogen-bond donors (Lipinski definition) is 1. The number of hydrogen-bond acceptors (Lipinski definition) is 3. The van der Waals surface area contributed by atoms with Gasteiger partial charge in [0.2, 0.25) is 5.91 Å². The molecule has 0 aliphatic carbocycles. The molecule has 0 saturated heterocycles. The molecule has 110 valence electrons. The Labute approximate surface area is 119 Å². The highest BCUT2D eigenvalue weighted by atomic mass is 16.5. The normalized spacial score (nSPS) is 11.8. The molecule has 1 N–H and O–H groups in total. The Hall–Kier alpha value is -2.04. The molecule has 20 heavy (non-hydrogen) atoms. The zero-order valence-electron chi connectivity index (χ0n) is 12.1. The van der Waals surface area contributed by atoms with Gasteiger partial charge in [0.1, 0.15) is 11.8 Å². The van der Waals surface area contributed by atoms with Crippen molar-refractivity contribution in [1.82, 2.24) is 4.90 Å². The second-order valence-electron chi connectivity index (χ2n) is 4.62. The Morgan fingerprint density at radius 3 is 2.35 bits per heavy atom. The lowest BCUT2D eigenvalue weighted by Gasteiger charge is -2.23. The molecule has 1 aromatic carbocycles. The molecule has 0 bridgehead atoms. The van der Waals surface area contributed by atoms with E-state index in [0.717, 1.165) is 11.3 Å². The number of aliphatic carboxylic acids is 1. The summed E-state index contributed by atoms with van der Waals surface area (Å²) in [5.41, 5.74) is 1.02. The number of benzene rings is 1. The van der Waals surface area contributed by atoms with Gasteiger partial charge < -0.3 is 14.7 Å². The van der Waals surface area contributed by atoms with Crippen molar-refractivity contribution in [3.8, 4) is 5.75 Å². The van der Waals surface area contributed by atoms with E-state index in [2.05, 4.69) is 0 Å². The summed E-state index contributed by atoms with van der Waals surface area (Å²) in [4.78, 5) is 24.3. The van der Waals surface area contributed by atoms with Crippen LogP contribution < -0.4 is 4.74 Å². The Morgan fingerprint density at radius 1 is 1.30 bits per heavy atom. The SMILES string of the molecule is CCC(C(=O)O)N(C)C(=O)CCc1ccc(OC)cc1. The standard InChI is InChI=1S/C15H21NO4/c1-4-13(15(18)19)16(2)14(17)10-7-11-5-8-12(20-3)9-6-11/h5-6,8-9,13H,4,7,10H2,1-3H3,(H,18,19). The van der Waals surface area contributed by atoms with Gasteiger partial charge in [-0.15, -0.1) is 0 Å². The van der Waals surface area contributed by atoms with Crippen molar-refractivity contribution in [1.29, 1.82) is 0 Å². The Balaban J connectivity index is 2.55. The summed E-state index contributed by atoms with van der Waals surface area (Å²) in [5, 5.41) is 9.03. The van der Waals surface area contributed by atoms with Crippen molar-refractivity contribution in [2.75, 3.05) is 14.2 Å². The number of aryl methyl sites for hydroxylation is 1. The number of ether oxygens (including phenoxy) is 1. The predicted octanol–water partition coefficient (Wildman–Crippen LogP) is 1.95. The molecule has 1 amide bonds. The highest BCUT2D eigenvalue weighted by Crippen LogP contribution is 2.13. The van der Waals surface area contributed by atoms with E-state index in [0.29, 0.717) is 19.3 Å². The van der Waals surface area contributed by atoms with Crippen molar-refractivity contribution < 1.29 is 19.4 Å². The third kappa shape index (κ3) is 4.26. The van der Waals surface area contributed by atoms with Gasteiger partial charge in [0.05, 0.1) is 7.11 Å². The van der Waals surface area contributed by atoms with E-state index in [9.17, 15) is 9.59 Å². The number of carbonyl (C=O) groups is 2. The minimum Gasteiger partial charge on any atom is -0.497 e. The lowest BCUT2D eigenvalue weighted by atomic mass is 10.1. The summed E-state index contributed by atoms with van der Waals surface area (Å²) in [6.45, 7) is 1.76. The molecule has 0 aliphatic rings. The molecule has 5 nitrogen and oxygen atoms in total. The summed E-state index contributed by atoms with van der Waals surface area (Å²) in [6, 6.07) is 6.74. The lowest BCUT2D eigenvalue weighted by molar-refractivity contribution is -0.149. The molecule has 0 fully saturated rings. The average molecular weight is 279 g/mol. The van der Waals surface area contributed by atoms with Crippen molar-refractivity contribution in [2.45, 2.75) is 32.2 Å². The molecule has 0 heterocycles. The fourth-order valence-corrected chi connectivity index (χ4v) is 2.01. The monoisotopic (exact) mass is 279 g/mol. The summed E-state index contributed by atoms with van der Waals surface area (Å²) in [7, 11) is 3.14. The fourth-order valence-electron chi connectivity index (χ4n) is 2.01. The van der Waals surface area contributed by atoms with Crippen LogP contribution in [0.2, 0.25) is 0 Å². The molecular weight excluding hydrogens is 258 g/mol. The van der Waals surface area contributed by atoms with Crippen LogP contribution in [0.15, 0.2) is 24.3 Å². The molecule has 0 spiro atoms. The average Bonchev–Trinajstić information content (AvgIpc) is 2.45. The first-order valence-corrected chi connectivity index (χ1v) is 6.61. The number of carboxylic acid groups (broad SMARTS) is 1. The van der Waals surface area contributed by atoms with E-state index in [4.69, 9.17) is 9.84 Å². The van der Waals surface area contributed by atoms with Crippen LogP contribution in [-0.2, 0) is 16.0 Å².